The molecule has 1 fully saturated rings. The summed E-state index contributed by atoms with van der Waals surface area (Å²) in [6.45, 7) is 0.562. The lowest BCUT2D eigenvalue weighted by Crippen LogP contribution is -2.42. The molecule has 1 unspecified atom stereocenters. The van der Waals surface area contributed by atoms with Crippen LogP contribution in [0.1, 0.15) is 12.8 Å². The van der Waals surface area contributed by atoms with E-state index < -0.39 is 16.1 Å². The van der Waals surface area contributed by atoms with E-state index in [0.717, 1.165) is 4.47 Å². The summed E-state index contributed by atoms with van der Waals surface area (Å²) in [7, 11) is -3.61. The monoisotopic (exact) mass is 334 g/mol. The Hall–Kier alpha value is -0.630. The van der Waals surface area contributed by atoms with Crippen molar-refractivity contribution in [3.05, 3.63) is 22.7 Å². The molecule has 0 radical (unpaired) electrons. The smallest absolute Gasteiger partial charge is 0.245 e. The second kappa shape index (κ2) is 5.16. The number of aliphatic hydroxyl groups excluding tert-OH is 1. The SMILES string of the molecule is Nc1cc(Br)ccc1S(=O)(=O)N1CCCC(O)C1. The van der Waals surface area contributed by atoms with Crippen LogP contribution >= 0.6 is 15.9 Å². The highest BCUT2D eigenvalue weighted by molar-refractivity contribution is 9.10. The van der Waals surface area contributed by atoms with Gasteiger partial charge in [-0.25, -0.2) is 8.42 Å². The zero-order valence-corrected chi connectivity index (χ0v) is 12.1. The number of nitrogens with two attached hydrogens (primary N) is 1. The van der Waals surface area contributed by atoms with Gasteiger partial charge in [0.1, 0.15) is 4.90 Å². The molecule has 1 aromatic carbocycles. The fourth-order valence-corrected chi connectivity index (χ4v) is 4.02. The first-order valence-corrected chi connectivity index (χ1v) is 7.88. The summed E-state index contributed by atoms with van der Waals surface area (Å²) in [5.41, 5.74) is 5.96. The molecule has 0 saturated carbocycles. The van der Waals surface area contributed by atoms with Crippen molar-refractivity contribution in [3.63, 3.8) is 0 Å². The number of anilines is 1. The van der Waals surface area contributed by atoms with Gasteiger partial charge in [-0.2, -0.15) is 4.31 Å². The van der Waals surface area contributed by atoms with Crippen LogP contribution in [0, 0.1) is 0 Å². The van der Waals surface area contributed by atoms with Crippen LogP contribution in [0.15, 0.2) is 27.6 Å². The third-order valence-corrected chi connectivity index (χ3v) is 5.38. The fraction of sp³-hybridized carbons (Fsp3) is 0.455. The zero-order valence-electron chi connectivity index (χ0n) is 9.71. The molecule has 18 heavy (non-hydrogen) atoms. The number of β-amino-alcohol motifs (C(OH)–C–C–N with tert-alkyl or cyclic N) is 1. The third kappa shape index (κ3) is 2.69. The Balaban J connectivity index is 2.35. The van der Waals surface area contributed by atoms with E-state index in [2.05, 4.69) is 15.9 Å². The lowest BCUT2D eigenvalue weighted by molar-refractivity contribution is 0.108. The van der Waals surface area contributed by atoms with Gasteiger partial charge in [0.15, 0.2) is 0 Å². The maximum absolute atomic E-state index is 12.4. The Labute approximate surface area is 115 Å². The number of aliphatic hydroxyl groups is 1. The second-order valence-electron chi connectivity index (χ2n) is 4.34. The quantitative estimate of drug-likeness (QED) is 0.795. The van der Waals surface area contributed by atoms with Crippen molar-refractivity contribution in [2.75, 3.05) is 18.8 Å². The molecule has 2 rings (SSSR count). The molecule has 0 spiro atoms. The van der Waals surface area contributed by atoms with Gasteiger partial charge in [0.25, 0.3) is 0 Å². The first-order valence-electron chi connectivity index (χ1n) is 5.64. The molecule has 0 amide bonds. The lowest BCUT2D eigenvalue weighted by Gasteiger charge is -2.29. The first kappa shape index (κ1) is 13.8. The maximum Gasteiger partial charge on any atom is 0.245 e. The second-order valence-corrected chi connectivity index (χ2v) is 7.16. The number of nitrogens with zero attached hydrogens (tertiary/aromatic N) is 1. The van der Waals surface area contributed by atoms with Crippen molar-refractivity contribution in [1.29, 1.82) is 0 Å². The minimum absolute atomic E-state index is 0.0970. The van der Waals surface area contributed by atoms with E-state index in [1.54, 1.807) is 12.1 Å². The summed E-state index contributed by atoms with van der Waals surface area (Å²) in [6, 6.07) is 4.69. The van der Waals surface area contributed by atoms with E-state index in [-0.39, 0.29) is 17.1 Å². The predicted molar refractivity (Wildman–Crippen MR) is 72.6 cm³/mol. The van der Waals surface area contributed by atoms with Crippen molar-refractivity contribution in [2.45, 2.75) is 23.8 Å². The van der Waals surface area contributed by atoms with Gasteiger partial charge in [-0.05, 0) is 31.0 Å². The van der Waals surface area contributed by atoms with E-state index >= 15 is 0 Å². The van der Waals surface area contributed by atoms with Crippen LogP contribution in [0.3, 0.4) is 0 Å². The van der Waals surface area contributed by atoms with Crippen molar-refractivity contribution in [2.24, 2.45) is 0 Å². The number of halogens is 1. The van der Waals surface area contributed by atoms with Gasteiger partial charge >= 0.3 is 0 Å². The average Bonchev–Trinajstić information content (AvgIpc) is 2.28. The molecule has 100 valence electrons. The molecule has 0 aromatic heterocycles. The van der Waals surface area contributed by atoms with Gasteiger partial charge in [0, 0.05) is 17.6 Å². The standard InChI is InChI=1S/C11H15BrN2O3S/c12-8-3-4-11(10(13)6-8)18(16,17)14-5-1-2-9(15)7-14/h3-4,6,9,15H,1-2,5,7,13H2. The summed E-state index contributed by atoms with van der Waals surface area (Å²) in [6.07, 6.45) is 0.712. The highest BCUT2D eigenvalue weighted by Crippen LogP contribution is 2.27. The molecule has 7 heteroatoms. The molecular formula is C11H15BrN2O3S. The molecule has 1 heterocycles. The average molecular weight is 335 g/mol. The van der Waals surface area contributed by atoms with Gasteiger partial charge in [0.2, 0.25) is 10.0 Å². The number of piperidine rings is 1. The van der Waals surface area contributed by atoms with Crippen LogP contribution in [0.5, 0.6) is 0 Å². The van der Waals surface area contributed by atoms with E-state index in [0.29, 0.717) is 19.4 Å². The lowest BCUT2D eigenvalue weighted by atomic mass is 10.1. The third-order valence-electron chi connectivity index (χ3n) is 2.95. The largest absolute Gasteiger partial charge is 0.398 e. The minimum atomic E-state index is -3.61. The van der Waals surface area contributed by atoms with Crippen molar-refractivity contribution >= 4 is 31.6 Å². The number of hydrogen-bond acceptors (Lipinski definition) is 4. The van der Waals surface area contributed by atoms with Gasteiger partial charge in [0.05, 0.1) is 11.8 Å². The van der Waals surface area contributed by atoms with Gasteiger partial charge < -0.3 is 10.8 Å². The van der Waals surface area contributed by atoms with Gasteiger partial charge in [-0.3, -0.25) is 0 Å². The van der Waals surface area contributed by atoms with E-state index in [9.17, 15) is 13.5 Å². The molecule has 0 aliphatic carbocycles. The normalized spacial score (nSPS) is 22.0. The fourth-order valence-electron chi connectivity index (χ4n) is 2.03. The Morgan fingerprint density at radius 3 is 2.78 bits per heavy atom. The van der Waals surface area contributed by atoms with E-state index in [1.165, 1.54) is 10.4 Å². The highest BCUT2D eigenvalue weighted by atomic mass is 79.9. The highest BCUT2D eigenvalue weighted by Gasteiger charge is 2.30. The van der Waals surface area contributed by atoms with Crippen molar-refractivity contribution in [1.82, 2.24) is 4.31 Å². The Morgan fingerprint density at radius 1 is 1.44 bits per heavy atom. The van der Waals surface area contributed by atoms with Crippen molar-refractivity contribution in [3.8, 4) is 0 Å². The topological polar surface area (TPSA) is 83.6 Å². The molecule has 5 nitrogen and oxygen atoms in total. The summed E-state index contributed by atoms with van der Waals surface area (Å²) in [4.78, 5) is 0.0970. The van der Waals surface area contributed by atoms with Crippen LogP contribution in [0.2, 0.25) is 0 Å². The van der Waals surface area contributed by atoms with Crippen LogP contribution < -0.4 is 5.73 Å². The maximum atomic E-state index is 12.4. The van der Waals surface area contributed by atoms with Crippen LogP contribution in [0.4, 0.5) is 5.69 Å². The van der Waals surface area contributed by atoms with Crippen LogP contribution in [-0.4, -0.2) is 37.0 Å². The Morgan fingerprint density at radius 2 is 2.17 bits per heavy atom. The van der Waals surface area contributed by atoms with Crippen LogP contribution in [-0.2, 0) is 10.0 Å². The molecule has 1 aliphatic rings. The minimum Gasteiger partial charge on any atom is -0.398 e. The molecule has 1 saturated heterocycles. The number of benzene rings is 1. The number of nitrogen functional groups attached to an aromatic ring is 1. The number of rotatable bonds is 2. The zero-order chi connectivity index (χ0) is 13.3. The predicted octanol–water partition coefficient (Wildman–Crippen LogP) is 1.18. The number of sulfonamides is 1. The first-order chi connectivity index (χ1) is 8.41. The molecule has 1 aromatic rings. The molecule has 3 N–H and O–H groups in total. The number of hydrogen-bond donors (Lipinski definition) is 2. The van der Waals surface area contributed by atoms with Gasteiger partial charge in [-0.15, -0.1) is 0 Å². The van der Waals surface area contributed by atoms with Crippen LogP contribution in [0.25, 0.3) is 0 Å². The Kier molecular flexibility index (Phi) is 3.96. The summed E-state index contributed by atoms with van der Waals surface area (Å²) >= 11 is 3.24. The molecular weight excluding hydrogens is 320 g/mol. The molecule has 0 bridgehead atoms. The van der Waals surface area contributed by atoms with Crippen molar-refractivity contribution < 1.29 is 13.5 Å². The van der Waals surface area contributed by atoms with E-state index in [4.69, 9.17) is 5.73 Å². The summed E-state index contributed by atoms with van der Waals surface area (Å²) < 4.78 is 26.8. The van der Waals surface area contributed by atoms with Gasteiger partial charge in [-0.1, -0.05) is 15.9 Å². The van der Waals surface area contributed by atoms with E-state index in [1.807, 2.05) is 0 Å². The molecule has 1 aliphatic heterocycles. The molecule has 1 atom stereocenters. The summed E-state index contributed by atoms with van der Waals surface area (Å²) in [5.74, 6) is 0. The summed E-state index contributed by atoms with van der Waals surface area (Å²) in [5, 5.41) is 9.56. The Bertz CT molecular complexity index is 547.